The van der Waals surface area contributed by atoms with Crippen LogP contribution in [0.2, 0.25) is 0 Å². The lowest BCUT2D eigenvalue weighted by Crippen LogP contribution is -2.33. The molecule has 2 nitrogen and oxygen atoms in total. The van der Waals surface area contributed by atoms with Crippen molar-refractivity contribution in [2.24, 2.45) is 0 Å². The molecule has 4 aromatic rings. The number of benzene rings is 4. The summed E-state index contributed by atoms with van der Waals surface area (Å²) in [6, 6.07) is 32.6. The van der Waals surface area contributed by atoms with Gasteiger partial charge in [0.15, 0.2) is 0 Å². The number of methoxy groups -OCH3 is 1. The third-order valence-corrected chi connectivity index (χ3v) is 6.19. The van der Waals surface area contributed by atoms with Crippen LogP contribution in [-0.2, 0) is 5.41 Å². The maximum absolute atomic E-state index is 5.74. The molecule has 1 aliphatic carbocycles. The number of nitrogens with one attached hydrogen (secondary N) is 1. The van der Waals surface area contributed by atoms with Crippen molar-refractivity contribution in [2.75, 3.05) is 12.4 Å². The number of hydrogen-bond acceptors (Lipinski definition) is 2. The van der Waals surface area contributed by atoms with E-state index in [-0.39, 0.29) is 5.41 Å². The predicted molar refractivity (Wildman–Crippen MR) is 114 cm³/mol. The summed E-state index contributed by atoms with van der Waals surface area (Å²) in [6.45, 7) is 0. The lowest BCUT2D eigenvalue weighted by atomic mass is 9.65. The monoisotopic (exact) mass is 361 g/mol. The highest BCUT2D eigenvalue weighted by molar-refractivity contribution is 5.93. The minimum atomic E-state index is -0.348. The number of fused-ring (bicyclic) bond motifs is 9. The molecular formula is C26H19NO. The van der Waals surface area contributed by atoms with Crippen LogP contribution in [0.1, 0.15) is 22.3 Å². The maximum Gasteiger partial charge on any atom is 0.142 e. The molecule has 2 aliphatic rings. The topological polar surface area (TPSA) is 21.3 Å². The Balaban J connectivity index is 1.85. The third kappa shape index (κ3) is 1.73. The molecular weight excluding hydrogens is 342 g/mol. The van der Waals surface area contributed by atoms with E-state index >= 15 is 0 Å². The Kier molecular flexibility index (Phi) is 3.05. The largest absolute Gasteiger partial charge is 0.495 e. The van der Waals surface area contributed by atoms with Crippen molar-refractivity contribution < 1.29 is 4.74 Å². The Morgan fingerprint density at radius 1 is 0.607 bits per heavy atom. The third-order valence-electron chi connectivity index (χ3n) is 6.19. The maximum atomic E-state index is 5.74. The smallest absolute Gasteiger partial charge is 0.142 e. The van der Waals surface area contributed by atoms with E-state index in [9.17, 15) is 0 Å². The van der Waals surface area contributed by atoms with Crippen molar-refractivity contribution in [3.8, 4) is 16.9 Å². The first-order valence-electron chi connectivity index (χ1n) is 9.59. The molecule has 0 amide bonds. The average Bonchev–Trinajstić information content (AvgIpc) is 3.05. The second-order valence-electron chi connectivity index (χ2n) is 7.39. The van der Waals surface area contributed by atoms with E-state index in [4.69, 9.17) is 4.74 Å². The number of rotatable bonds is 1. The van der Waals surface area contributed by atoms with Crippen molar-refractivity contribution in [3.05, 3.63) is 113 Å². The first-order chi connectivity index (χ1) is 13.9. The van der Waals surface area contributed by atoms with Gasteiger partial charge in [-0.3, -0.25) is 0 Å². The van der Waals surface area contributed by atoms with Gasteiger partial charge >= 0.3 is 0 Å². The van der Waals surface area contributed by atoms with Crippen molar-refractivity contribution in [3.63, 3.8) is 0 Å². The highest BCUT2D eigenvalue weighted by atomic mass is 16.5. The minimum absolute atomic E-state index is 0.348. The second kappa shape index (κ2) is 5.49. The summed E-state index contributed by atoms with van der Waals surface area (Å²) in [5, 5.41) is 3.65. The van der Waals surface area contributed by atoms with Crippen LogP contribution in [0, 0.1) is 0 Å². The van der Waals surface area contributed by atoms with Crippen LogP contribution >= 0.6 is 0 Å². The molecule has 1 N–H and O–H groups in total. The van der Waals surface area contributed by atoms with E-state index in [0.717, 1.165) is 17.1 Å². The van der Waals surface area contributed by atoms with Crippen LogP contribution in [-0.4, -0.2) is 7.11 Å². The zero-order valence-electron chi connectivity index (χ0n) is 15.6. The molecule has 2 heteroatoms. The lowest BCUT2D eigenvalue weighted by molar-refractivity contribution is 0.415. The lowest BCUT2D eigenvalue weighted by Gasteiger charge is -2.40. The summed E-state index contributed by atoms with van der Waals surface area (Å²) in [6.07, 6.45) is 0. The van der Waals surface area contributed by atoms with Gasteiger partial charge in [-0.15, -0.1) is 0 Å². The molecule has 0 bridgehead atoms. The fourth-order valence-corrected chi connectivity index (χ4v) is 5.16. The molecule has 134 valence electrons. The van der Waals surface area contributed by atoms with Gasteiger partial charge < -0.3 is 10.1 Å². The Hall–Kier alpha value is -3.52. The number of hydrogen-bond donors (Lipinski definition) is 1. The molecule has 28 heavy (non-hydrogen) atoms. The Labute approximate surface area is 164 Å². The van der Waals surface area contributed by atoms with Gasteiger partial charge in [0, 0.05) is 5.69 Å². The van der Waals surface area contributed by atoms with Crippen LogP contribution in [0.3, 0.4) is 0 Å². The van der Waals surface area contributed by atoms with E-state index in [1.165, 1.54) is 33.4 Å². The number of ether oxygens (including phenoxy) is 1. The Bertz CT molecular complexity index is 1200. The molecule has 4 aromatic carbocycles. The SMILES string of the molecule is COc1cccc2c1Nc1ccccc1C21c2ccccc2-c2ccccc21. The number of anilines is 2. The molecule has 0 unspecified atom stereocenters. The van der Waals surface area contributed by atoms with Gasteiger partial charge in [-0.2, -0.15) is 0 Å². The summed E-state index contributed by atoms with van der Waals surface area (Å²) in [4.78, 5) is 0. The molecule has 1 heterocycles. The van der Waals surface area contributed by atoms with Crippen molar-refractivity contribution in [1.82, 2.24) is 0 Å². The van der Waals surface area contributed by atoms with Crippen LogP contribution in [0.25, 0.3) is 11.1 Å². The predicted octanol–water partition coefficient (Wildman–Crippen LogP) is 6.12. The zero-order chi connectivity index (χ0) is 18.7. The van der Waals surface area contributed by atoms with Crippen molar-refractivity contribution in [1.29, 1.82) is 0 Å². The molecule has 1 spiro atoms. The van der Waals surface area contributed by atoms with Crippen molar-refractivity contribution >= 4 is 11.4 Å². The Morgan fingerprint density at radius 3 is 1.86 bits per heavy atom. The normalized spacial score (nSPS) is 14.5. The molecule has 6 rings (SSSR count). The van der Waals surface area contributed by atoms with E-state index in [0.29, 0.717) is 0 Å². The van der Waals surface area contributed by atoms with Gasteiger partial charge in [-0.25, -0.2) is 0 Å². The van der Waals surface area contributed by atoms with E-state index in [1.54, 1.807) is 7.11 Å². The van der Waals surface area contributed by atoms with Gasteiger partial charge in [-0.05, 0) is 45.5 Å². The number of para-hydroxylation sites is 2. The van der Waals surface area contributed by atoms with Gasteiger partial charge in [0.2, 0.25) is 0 Å². The van der Waals surface area contributed by atoms with Crippen LogP contribution in [0.5, 0.6) is 5.75 Å². The summed E-state index contributed by atoms with van der Waals surface area (Å²) < 4.78 is 5.74. The Morgan fingerprint density at radius 2 is 1.18 bits per heavy atom. The average molecular weight is 361 g/mol. The summed E-state index contributed by atoms with van der Waals surface area (Å²) in [5.74, 6) is 0.869. The second-order valence-corrected chi connectivity index (χ2v) is 7.39. The van der Waals surface area contributed by atoms with Crippen LogP contribution in [0.4, 0.5) is 11.4 Å². The fourth-order valence-electron chi connectivity index (χ4n) is 5.16. The van der Waals surface area contributed by atoms with Crippen LogP contribution in [0.15, 0.2) is 91.0 Å². The summed E-state index contributed by atoms with van der Waals surface area (Å²) in [5.41, 5.74) is 9.64. The highest BCUT2D eigenvalue weighted by Crippen LogP contribution is 2.61. The van der Waals surface area contributed by atoms with E-state index in [1.807, 2.05) is 6.07 Å². The summed E-state index contributed by atoms with van der Waals surface area (Å²) in [7, 11) is 1.74. The van der Waals surface area contributed by atoms with Gasteiger partial charge in [0.05, 0.1) is 18.2 Å². The molecule has 0 saturated carbocycles. The molecule has 0 aromatic heterocycles. The molecule has 1 aliphatic heterocycles. The van der Waals surface area contributed by atoms with Crippen LogP contribution < -0.4 is 10.1 Å². The first-order valence-corrected chi connectivity index (χ1v) is 9.59. The van der Waals surface area contributed by atoms with Gasteiger partial charge in [0.25, 0.3) is 0 Å². The van der Waals surface area contributed by atoms with E-state index in [2.05, 4.69) is 90.2 Å². The quantitative estimate of drug-likeness (QED) is 0.381. The molecule has 0 atom stereocenters. The van der Waals surface area contributed by atoms with Gasteiger partial charge in [0.1, 0.15) is 5.75 Å². The van der Waals surface area contributed by atoms with E-state index < -0.39 is 0 Å². The molecule has 0 fully saturated rings. The van der Waals surface area contributed by atoms with Gasteiger partial charge in [-0.1, -0.05) is 78.9 Å². The molecule has 0 radical (unpaired) electrons. The first kappa shape index (κ1) is 15.5. The zero-order valence-corrected chi connectivity index (χ0v) is 15.6. The summed E-state index contributed by atoms with van der Waals surface area (Å²) >= 11 is 0. The highest BCUT2D eigenvalue weighted by Gasteiger charge is 2.50. The molecule has 0 saturated heterocycles. The van der Waals surface area contributed by atoms with Crippen molar-refractivity contribution in [2.45, 2.75) is 5.41 Å². The minimum Gasteiger partial charge on any atom is -0.495 e. The standard InChI is InChI=1S/C26H19NO/c1-28-24-16-8-14-22-25(24)27-23-15-7-6-13-21(23)26(22)19-11-4-2-9-17(19)18-10-3-5-12-20(18)26/h2-16,27H,1H3. The fraction of sp³-hybridized carbons (Fsp3) is 0.0769.